The second-order valence-electron chi connectivity index (χ2n) is 22.8. The van der Waals surface area contributed by atoms with Crippen molar-refractivity contribution in [3.05, 3.63) is 71.8 Å². The van der Waals surface area contributed by atoms with Crippen LogP contribution in [0.2, 0.25) is 11.6 Å². The molecule has 2 aromatic carbocycles. The summed E-state index contributed by atoms with van der Waals surface area (Å²) >= 11 is 0. The van der Waals surface area contributed by atoms with Crippen molar-refractivity contribution in [1.82, 2.24) is 0 Å². The number of hydrogen-bond donors (Lipinski definition) is 1. The second-order valence-corrected chi connectivity index (χ2v) is 22.8. The molecule has 10 aliphatic rings. The van der Waals surface area contributed by atoms with E-state index in [-0.39, 0.29) is 73.4 Å². The summed E-state index contributed by atoms with van der Waals surface area (Å²) in [6.07, 6.45) is 14.8. The Bertz CT molecular complexity index is 1730. The minimum Gasteiger partial charge on any atom is -1.00 e. The molecule has 7 nitrogen and oxygen atoms in total. The van der Waals surface area contributed by atoms with Crippen molar-refractivity contribution in [3.8, 4) is 0 Å². The van der Waals surface area contributed by atoms with Crippen molar-refractivity contribution in [2.45, 2.75) is 179 Å². The van der Waals surface area contributed by atoms with Crippen LogP contribution in [0.15, 0.2) is 60.7 Å². The Morgan fingerprint density at radius 1 is 0.639 bits per heavy atom. The average molecular weight is 853 g/mol. The van der Waals surface area contributed by atoms with E-state index in [0.29, 0.717) is 47.7 Å². The van der Waals surface area contributed by atoms with Gasteiger partial charge in [0.2, 0.25) is 0 Å². The van der Waals surface area contributed by atoms with Gasteiger partial charge in [-0.1, -0.05) is 121 Å². The molecule has 0 radical (unpaired) electrons. The van der Waals surface area contributed by atoms with E-state index < -0.39 is 6.04 Å². The molecule has 2 aromatic rings. The first kappa shape index (κ1) is 45.6. The number of carbonyl (C=O) groups excluding carboxylic acids is 2. The van der Waals surface area contributed by atoms with Crippen molar-refractivity contribution in [1.29, 1.82) is 0 Å². The summed E-state index contributed by atoms with van der Waals surface area (Å²) in [5, 5.41) is 0. The molecule has 10 fully saturated rings. The predicted octanol–water partition coefficient (Wildman–Crippen LogP) is 7.14. The molecule has 12 rings (SSSR count). The number of hydrogen-bond acceptors (Lipinski definition) is 7. The number of rotatable bonds is 16. The van der Waals surface area contributed by atoms with Gasteiger partial charge in [-0.05, 0) is 123 Å². The Morgan fingerprint density at radius 3 is 1.46 bits per heavy atom. The van der Waals surface area contributed by atoms with Gasteiger partial charge >= 0.3 is 14.2 Å². The highest BCUT2D eigenvalue weighted by atomic mass is 35.5. The summed E-state index contributed by atoms with van der Waals surface area (Å²) in [4.78, 5) is 26.2. The predicted molar refractivity (Wildman–Crippen MR) is 239 cm³/mol. The smallest absolute Gasteiger partial charge is 0.461 e. The van der Waals surface area contributed by atoms with Gasteiger partial charge in [0.1, 0.15) is 11.6 Å². The molecular formula is C51H73B2ClNO6-. The highest BCUT2D eigenvalue weighted by molar-refractivity contribution is 6.48. The minimum absolute atomic E-state index is 0. The summed E-state index contributed by atoms with van der Waals surface area (Å²) in [7, 11) is -0.466. The normalized spacial score (nSPS) is 35.4. The van der Waals surface area contributed by atoms with Gasteiger partial charge in [-0.15, -0.1) is 0 Å². The Morgan fingerprint density at radius 2 is 1.05 bits per heavy atom. The molecule has 2 aliphatic heterocycles. The Labute approximate surface area is 374 Å². The van der Waals surface area contributed by atoms with Crippen LogP contribution in [0.4, 0.5) is 0 Å². The van der Waals surface area contributed by atoms with Crippen molar-refractivity contribution in [2.75, 3.05) is 0 Å². The molecule has 2 saturated heterocycles. The third-order valence-corrected chi connectivity index (χ3v) is 17.9. The molecular weight excluding hydrogens is 780 g/mol. The molecule has 10 heteroatoms. The highest BCUT2D eigenvalue weighted by Gasteiger charge is 2.70. The quantitative estimate of drug-likeness (QED) is 0.180. The molecule has 2 N–H and O–H groups in total. The van der Waals surface area contributed by atoms with Crippen LogP contribution in [-0.4, -0.2) is 55.3 Å². The fourth-order valence-electron chi connectivity index (χ4n) is 13.3. The molecule has 8 saturated carbocycles. The monoisotopic (exact) mass is 853 g/mol. The molecule has 2 unspecified atom stereocenters. The molecule has 2 heterocycles. The molecule has 332 valence electrons. The molecule has 0 amide bonds. The lowest BCUT2D eigenvalue weighted by Gasteiger charge is -2.64. The molecule has 0 spiro atoms. The summed E-state index contributed by atoms with van der Waals surface area (Å²) in [6.45, 7) is 16.2. The van der Waals surface area contributed by atoms with E-state index in [0.717, 1.165) is 61.3 Å². The molecule has 61 heavy (non-hydrogen) atoms. The van der Waals surface area contributed by atoms with E-state index in [1.165, 1.54) is 44.1 Å². The van der Waals surface area contributed by atoms with Crippen LogP contribution in [0.3, 0.4) is 0 Å². The van der Waals surface area contributed by atoms with Crippen molar-refractivity contribution in [2.24, 2.45) is 58.0 Å². The Kier molecular flexibility index (Phi) is 13.0. The average Bonchev–Trinajstić information content (AvgIpc) is 4.15. The van der Waals surface area contributed by atoms with Crippen LogP contribution in [0.25, 0.3) is 0 Å². The largest absolute Gasteiger partial charge is 1.00 e. The van der Waals surface area contributed by atoms with Crippen molar-refractivity contribution in [3.63, 3.8) is 0 Å². The maximum Gasteiger partial charge on any atom is 0.461 e. The highest BCUT2D eigenvalue weighted by Crippen LogP contribution is 2.67. The second kappa shape index (κ2) is 17.4. The summed E-state index contributed by atoms with van der Waals surface area (Å²) in [6, 6.07) is 20.0. The number of ketones is 2. The van der Waals surface area contributed by atoms with Crippen molar-refractivity contribution < 1.29 is 40.6 Å². The van der Waals surface area contributed by atoms with E-state index in [9.17, 15) is 9.59 Å². The van der Waals surface area contributed by atoms with Crippen LogP contribution >= 0.6 is 0 Å². The molecule has 12 atom stereocenters. The van der Waals surface area contributed by atoms with E-state index in [1.807, 2.05) is 36.4 Å². The van der Waals surface area contributed by atoms with Gasteiger partial charge in [-0.2, -0.15) is 0 Å². The number of Topliss-reactive ketones (excluding diaryl/α,β-unsaturated/α-hetero) is 2. The van der Waals surface area contributed by atoms with Crippen LogP contribution < -0.4 is 18.1 Å². The Balaban J connectivity index is 0.000000166. The summed E-state index contributed by atoms with van der Waals surface area (Å²) in [5.74, 6) is 4.98. The first-order chi connectivity index (χ1) is 28.5. The maximum atomic E-state index is 13.2. The van der Waals surface area contributed by atoms with E-state index in [1.54, 1.807) is 0 Å². The third-order valence-electron chi connectivity index (χ3n) is 17.9. The summed E-state index contributed by atoms with van der Waals surface area (Å²) < 4.78 is 26.6. The fraction of sp³-hybridized carbons (Fsp3) is 0.725. The zero-order valence-electron chi connectivity index (χ0n) is 38.2. The van der Waals surface area contributed by atoms with Gasteiger partial charge in [-0.25, -0.2) is 0 Å². The first-order valence-electron chi connectivity index (χ1n) is 24.1. The first-order valence-corrected chi connectivity index (χ1v) is 24.1. The zero-order chi connectivity index (χ0) is 42.2. The topological polar surface area (TPSA) is 97.1 Å². The van der Waals surface area contributed by atoms with Crippen LogP contribution in [0, 0.1) is 52.3 Å². The molecule has 0 aromatic heterocycles. The van der Waals surface area contributed by atoms with Gasteiger partial charge in [-0.3, -0.25) is 9.59 Å². The summed E-state index contributed by atoms with van der Waals surface area (Å²) in [5.41, 5.74) is 8.98. The van der Waals surface area contributed by atoms with Gasteiger partial charge < -0.3 is 36.8 Å². The van der Waals surface area contributed by atoms with Gasteiger partial charge in [0.05, 0.1) is 29.5 Å². The number of benzene rings is 2. The zero-order valence-corrected chi connectivity index (χ0v) is 38.9. The SMILES string of the molecule is CC(Cc1ccccc1)C(=O)C[C@@H](CC1CC1)B1O[C@@H]2C[C@@H]3C[C@@H](C3(C)C)[C@]2(C)O1.CC1(C)[C@@H]2C[C@H]3OB([C@@H](CC(=O)C(N)Cc4ccccc4)CC4CC4)O[C@@]3(C)[C@H]1C2.[Cl-]. The van der Waals surface area contributed by atoms with E-state index in [2.05, 4.69) is 72.7 Å². The molecule has 4 bridgehead atoms. The van der Waals surface area contributed by atoms with Gasteiger partial charge in [0, 0.05) is 30.4 Å². The van der Waals surface area contributed by atoms with Gasteiger partial charge in [0.15, 0.2) is 0 Å². The number of carbonyl (C=O) groups is 2. The van der Waals surface area contributed by atoms with Crippen LogP contribution in [0.1, 0.15) is 137 Å². The standard InChI is InChI=1S/C26H37BO3.C25H36BNO3.ClH/c1-17(12-18-8-6-5-7-9-18)22(28)16-21(13-19-10-11-19)27-29-24-15-20-14-23(25(20,2)3)26(24,4)30-27;1-24(2)18-13-22(24)25(3)23(14-18)29-26(30-25)19(11-17-9-10-17)15-21(28)20(27)12-16-7-5-4-6-8-16;/h5-9,17,19-21,23-24H,10-16H2,1-4H3;4-8,17-20,22-23H,9-15,27H2,1-3H3;1H/p-1/t17?,20-,21+,23-,24+,26-;18-,19+,20?,22-,23+,25-;/m00./s1. The number of nitrogens with two attached hydrogens (primary N) is 1. The van der Waals surface area contributed by atoms with Crippen LogP contribution in [0.5, 0.6) is 0 Å². The van der Waals surface area contributed by atoms with Crippen LogP contribution in [-0.2, 0) is 41.0 Å². The lowest BCUT2D eigenvalue weighted by atomic mass is 9.43. The lowest BCUT2D eigenvalue weighted by Crippen LogP contribution is -3.00. The Hall–Kier alpha value is -2.00. The fourth-order valence-corrected chi connectivity index (χ4v) is 13.3. The minimum atomic E-state index is -0.458. The van der Waals surface area contributed by atoms with Crippen molar-refractivity contribution >= 4 is 25.8 Å². The number of halogens is 1. The maximum absolute atomic E-state index is 13.2. The lowest BCUT2D eigenvalue weighted by molar-refractivity contribution is -0.199. The van der Waals surface area contributed by atoms with E-state index >= 15 is 0 Å². The molecule has 8 aliphatic carbocycles. The third kappa shape index (κ3) is 9.02. The van der Waals surface area contributed by atoms with Gasteiger partial charge in [0.25, 0.3) is 0 Å². The van der Waals surface area contributed by atoms with E-state index in [4.69, 9.17) is 24.4 Å².